The van der Waals surface area contributed by atoms with Gasteiger partial charge in [0.05, 0.1) is 161 Å². The van der Waals surface area contributed by atoms with Crippen molar-refractivity contribution in [1.82, 2.24) is 0 Å². The fourth-order valence-corrected chi connectivity index (χ4v) is 11.2. The first-order valence-corrected chi connectivity index (χ1v) is 38.5. The maximum absolute atomic E-state index is 11.5. The largest absolute Gasteiger partial charge is 0.497 e. The van der Waals surface area contributed by atoms with Crippen molar-refractivity contribution < 1.29 is 197 Å². The maximum Gasteiger partial charge on any atom is 0.310 e. The highest BCUT2D eigenvalue weighted by Crippen LogP contribution is 2.35. The third-order valence-electron chi connectivity index (χ3n) is 18.8. The van der Waals surface area contributed by atoms with Crippen LogP contribution in [0.2, 0.25) is 0 Å². The van der Waals surface area contributed by atoms with Crippen molar-refractivity contribution in [3.05, 3.63) is 335 Å². The van der Waals surface area contributed by atoms with Gasteiger partial charge < -0.3 is 78.7 Å². The van der Waals surface area contributed by atoms with E-state index < -0.39 is 306 Å². The topological polar surface area (TPSA) is 372 Å². The molecule has 8 unspecified atom stereocenters. The highest BCUT2D eigenvalue weighted by molar-refractivity contribution is 5.94. The van der Waals surface area contributed by atoms with E-state index in [0.717, 1.165) is 43.3 Å². The van der Waals surface area contributed by atoms with Crippen LogP contribution in [0.5, 0.6) is 46.0 Å². The second kappa shape index (κ2) is 48.8. The van der Waals surface area contributed by atoms with Crippen molar-refractivity contribution >= 4 is 134 Å². The van der Waals surface area contributed by atoms with Crippen molar-refractivity contribution in [2.24, 2.45) is 0 Å². The number of fused-ring (bicyclic) bond motifs is 8. The molecule has 0 aliphatic heterocycles. The molecule has 16 aromatic carbocycles. The summed E-state index contributed by atoms with van der Waals surface area (Å²) in [5.74, 6) is -30.9. The molecule has 0 amide bonds. The maximum atomic E-state index is 11.5. The molecule has 16 rings (SSSR count). The first kappa shape index (κ1) is 48.9. The average Bonchev–Trinajstić information content (AvgIpc) is 0.701. The standard InChI is InChI=1S/8C14H14O3/c8*1-9(14(15)16)10-3-4-12-8-13(17-2)6-5-11(12)7-10/h8*3-9H,1-2H3,(H,15,16)/i3D,4D,5D,6D,7D,8D,9D;3D,4D,5D,6D,7D,8D;1D3,2D3,5D,6D,8D,9D;2D3,5D,6D,8D,9D;1D3,5D,6D,8D,9D;1D3,2D3,5D,6D,8D;2D3,5D,6D,8D;1D3,5D,6D,8D. The molecular formula is C112H112O24. The Balaban J connectivity index is 0.000000241. The smallest absolute Gasteiger partial charge is 0.310 e. The van der Waals surface area contributed by atoms with Crippen LogP contribution in [0, 0.1) is 0 Å². The Morgan fingerprint density at radius 2 is 0.412 bits per heavy atom. The Bertz CT molecular complexity index is 10100. The molecule has 0 radical (unpaired) electrons. The van der Waals surface area contributed by atoms with Crippen LogP contribution in [0.1, 0.15) is 226 Å². The van der Waals surface area contributed by atoms with Crippen molar-refractivity contribution in [3.63, 3.8) is 0 Å². The molecule has 8 atom stereocenters. The third kappa shape index (κ3) is 27.9. The molecule has 24 heteroatoms. The molecule has 704 valence electrons. The Morgan fingerprint density at radius 3 is 0.662 bits per heavy atom. The lowest BCUT2D eigenvalue weighted by Gasteiger charge is -2.08. The first-order valence-electron chi connectivity index (χ1n) is 67.5. The van der Waals surface area contributed by atoms with Crippen LogP contribution in [0.3, 0.4) is 0 Å². The van der Waals surface area contributed by atoms with Crippen LogP contribution in [0.25, 0.3) is 86.2 Å². The van der Waals surface area contributed by atoms with Gasteiger partial charge in [-0.15, -0.1) is 0 Å². The zero-order chi connectivity index (χ0) is 149. The minimum absolute atomic E-state index is 0.00228. The molecule has 16 aromatic rings. The summed E-state index contributed by atoms with van der Waals surface area (Å²) in [7, 11) is -6.58. The van der Waals surface area contributed by atoms with E-state index >= 15 is 0 Å². The molecule has 0 spiro atoms. The van der Waals surface area contributed by atoms with Crippen molar-refractivity contribution in [2.75, 3.05) is 56.6 Å². The number of benzene rings is 16. The second-order valence-electron chi connectivity index (χ2n) is 27.5. The van der Waals surface area contributed by atoms with Gasteiger partial charge in [0.25, 0.3) is 0 Å². The van der Waals surface area contributed by atoms with Gasteiger partial charge in [0, 0.05) is 21.9 Å². The molecule has 0 aliphatic rings. The predicted molar refractivity (Wildman–Crippen MR) is 532 cm³/mol. The number of hydrogen-bond acceptors (Lipinski definition) is 16. The van der Waals surface area contributed by atoms with E-state index in [2.05, 4.69) is 18.9 Å². The first-order chi connectivity index (χ1) is 88.4. The zero-order valence-electron chi connectivity index (χ0n) is 130. The minimum atomic E-state index is -3.23. The fourth-order valence-electron chi connectivity index (χ4n) is 11.2. The molecule has 0 aromatic heterocycles. The van der Waals surface area contributed by atoms with Gasteiger partial charge in [0.2, 0.25) is 0 Å². The van der Waals surface area contributed by atoms with Gasteiger partial charge in [-0.05, 0) is 282 Å². The summed E-state index contributed by atoms with van der Waals surface area (Å²) in [6, 6.07) is 9.06. The summed E-state index contributed by atoms with van der Waals surface area (Å²) >= 11 is 0. The molecule has 0 bridgehead atoms. The monoisotopic (exact) mass is 1900 g/mol. The Labute approximate surface area is 869 Å². The second-order valence-corrected chi connectivity index (χ2v) is 27.5. The van der Waals surface area contributed by atoms with Crippen LogP contribution >= 0.6 is 0 Å². The van der Waals surface area contributed by atoms with Gasteiger partial charge in [-0.25, -0.2) is 0 Å². The molecule has 0 fully saturated rings. The van der Waals surface area contributed by atoms with E-state index in [1.165, 1.54) is 122 Å². The average molecular weight is 1900 g/mol. The van der Waals surface area contributed by atoms with Gasteiger partial charge in [0.15, 0.2) is 0 Å². The molecule has 136 heavy (non-hydrogen) atoms. The molecule has 0 saturated heterocycles. The van der Waals surface area contributed by atoms with Crippen LogP contribution < -0.4 is 37.9 Å². The van der Waals surface area contributed by atoms with E-state index in [1.807, 2.05) is 0 Å². The number of ether oxygens (including phenoxy) is 8. The number of aliphatic carboxylic acids is 8. The van der Waals surface area contributed by atoms with Crippen LogP contribution in [-0.2, 0) is 38.4 Å². The lowest BCUT2D eigenvalue weighted by Crippen LogP contribution is -2.06. The predicted octanol–water partition coefficient (Wildman–Crippen LogP) is 24.3. The number of carboxylic acid groups (broad SMARTS) is 8. The minimum Gasteiger partial charge on any atom is -0.497 e. The number of carboxylic acids is 8. The molecule has 0 aliphatic carbocycles. The molecule has 0 saturated carbocycles. The van der Waals surface area contributed by atoms with Gasteiger partial charge in [-0.3, -0.25) is 38.4 Å². The Kier molecular flexibility index (Phi) is 17.6. The number of carbonyl (C=O) groups is 8. The van der Waals surface area contributed by atoms with Gasteiger partial charge in [-0.2, -0.15) is 0 Å². The molecular weight excluding hydrogens is 1730 g/mol. The van der Waals surface area contributed by atoms with E-state index in [9.17, 15) is 63.9 Å². The summed E-state index contributed by atoms with van der Waals surface area (Å²) < 4.78 is 483. The number of rotatable bonds is 24. The van der Waals surface area contributed by atoms with Crippen molar-refractivity contribution in [2.45, 2.75) is 102 Å². The highest BCUT2D eigenvalue weighted by Gasteiger charge is 2.22. The van der Waals surface area contributed by atoms with Gasteiger partial charge in [0.1, 0.15) is 46.0 Å². The van der Waals surface area contributed by atoms with E-state index in [1.54, 1.807) is 0 Å². The number of hydrogen-bond donors (Lipinski definition) is 8. The van der Waals surface area contributed by atoms with E-state index in [-0.39, 0.29) is 192 Å². The lowest BCUT2D eigenvalue weighted by atomic mass is 9.98. The Hall–Kier alpha value is -16.2. The zero-order valence-corrected chi connectivity index (χ0v) is 71.8. The van der Waals surface area contributed by atoms with E-state index in [0.29, 0.717) is 10.9 Å². The SMILES string of the molecule is [2H]c1c(C(C)C(=O)O)c([2H])c2c([2H])c([2H])c(OC)c([2H])c2c1[2H].[2H]c1c(C([2H])(C)C(=O)O)c([2H])c2c([2H])c([2H])c(OC)c([2H])c2c1[2H].[2H]c1c(OC([2H])([2H])[2H])c([2H])c2ccc(C(C(=O)O)C([2H])([2H])[2H])cc2c1[2H].[2H]c1c(OC([2H])([2H])[2H])c([2H])c2ccc(C(C)C(=O)O)cc2c1[2H].[2H]c1c(OC([2H])([2H])[2H])c([2H])c2ccc(C([2H])(C(=O)O)C([2H])([2H])[2H])cc2c1[2H].[2H]c1c(OC([2H])([2H])[2H])c([2H])c2ccc(C([2H])(C)C(=O)O)cc2c1[2H].[2H]c1c(OC)c([2H])c2ccc(C(C(=O)O)C([2H])([2H])[2H])cc2c1[2H].[2H]c1c(OC)c([2H])c2ccc(C([2H])(C(=O)O)C([2H])([2H])[2H])cc2c1[2H]. The summed E-state index contributed by atoms with van der Waals surface area (Å²) in [4.78, 5) is 90.4. The molecule has 8 N–H and O–H groups in total. The molecule has 24 nitrogen and oxygen atoms in total. The third-order valence-corrected chi connectivity index (χ3v) is 18.8. The van der Waals surface area contributed by atoms with E-state index in [4.69, 9.17) is 114 Å². The quantitative estimate of drug-likeness (QED) is 0.0278. The lowest BCUT2D eigenvalue weighted by molar-refractivity contribution is -0.139. The van der Waals surface area contributed by atoms with Crippen molar-refractivity contribution in [3.8, 4) is 46.0 Å². The molecule has 0 heterocycles. The van der Waals surface area contributed by atoms with Crippen LogP contribution in [-0.4, -0.2) is 145 Å². The summed E-state index contributed by atoms with van der Waals surface area (Å²) in [5, 5.41) is 73.8. The summed E-state index contributed by atoms with van der Waals surface area (Å²) in [6.07, 6.45) is 0. The fraction of sp³-hybridized carbons (Fsp3) is 0.214. The number of methoxy groups -OCH3 is 8. The van der Waals surface area contributed by atoms with Gasteiger partial charge >= 0.3 is 47.8 Å². The van der Waals surface area contributed by atoms with Crippen LogP contribution in [0.15, 0.2) is 290 Å². The van der Waals surface area contributed by atoms with Crippen LogP contribution in [0.4, 0.5) is 0 Å². The summed E-state index contributed by atoms with van der Waals surface area (Å²) in [5.41, 5.74) is -1.15. The van der Waals surface area contributed by atoms with Crippen molar-refractivity contribution in [1.29, 1.82) is 0 Å². The summed E-state index contributed by atoms with van der Waals surface area (Å²) in [6.45, 7) is -7.03. The normalized spacial score (nSPS) is 20.1. The highest BCUT2D eigenvalue weighted by atomic mass is 16.5. The Morgan fingerprint density at radius 1 is 0.213 bits per heavy atom. The van der Waals surface area contributed by atoms with Gasteiger partial charge in [-0.1, -0.05) is 194 Å².